The maximum atomic E-state index is 6.02. The Morgan fingerprint density at radius 1 is 1.00 bits per heavy atom. The van der Waals surface area contributed by atoms with E-state index in [9.17, 15) is 0 Å². The lowest BCUT2D eigenvalue weighted by Crippen LogP contribution is -2.41. The molecule has 0 aromatic heterocycles. The summed E-state index contributed by atoms with van der Waals surface area (Å²) < 4.78 is 17.4. The van der Waals surface area contributed by atoms with Crippen molar-refractivity contribution in [3.63, 3.8) is 0 Å². The van der Waals surface area contributed by atoms with E-state index in [1.807, 2.05) is 0 Å². The number of benzene rings is 1. The van der Waals surface area contributed by atoms with Crippen molar-refractivity contribution >= 4 is 23.2 Å². The molecule has 1 aromatic carbocycles. The molecule has 3 fully saturated rings. The van der Waals surface area contributed by atoms with Crippen LogP contribution in [-0.2, 0) is 20.2 Å². The van der Waals surface area contributed by atoms with Crippen molar-refractivity contribution < 1.29 is 14.2 Å². The molecule has 3 saturated heterocycles. The van der Waals surface area contributed by atoms with E-state index < -0.39 is 5.97 Å². The van der Waals surface area contributed by atoms with Gasteiger partial charge in [-0.25, -0.2) is 0 Å². The van der Waals surface area contributed by atoms with E-state index in [0.717, 1.165) is 0 Å². The summed E-state index contributed by atoms with van der Waals surface area (Å²) in [4.78, 5) is 0. The molecule has 2 bridgehead atoms. The molecule has 18 heavy (non-hydrogen) atoms. The Hall–Kier alpha value is -0.320. The second-order valence-corrected chi connectivity index (χ2v) is 5.76. The van der Waals surface area contributed by atoms with E-state index in [4.69, 9.17) is 37.4 Å². The van der Waals surface area contributed by atoms with Crippen LogP contribution in [-0.4, -0.2) is 19.8 Å². The summed E-state index contributed by atoms with van der Waals surface area (Å²) in [5, 5.41) is 1.09. The van der Waals surface area contributed by atoms with Crippen LogP contribution in [0.5, 0.6) is 0 Å². The number of hydrogen-bond acceptors (Lipinski definition) is 3. The monoisotopic (exact) mass is 288 g/mol. The maximum absolute atomic E-state index is 6.02. The number of ether oxygens (including phenoxy) is 3. The molecule has 3 heterocycles. The van der Waals surface area contributed by atoms with Crippen LogP contribution in [0.3, 0.4) is 0 Å². The van der Waals surface area contributed by atoms with Gasteiger partial charge in [0.2, 0.25) is 0 Å². The van der Waals surface area contributed by atoms with Gasteiger partial charge in [0, 0.05) is 21.5 Å². The third kappa shape index (κ3) is 2.15. The van der Waals surface area contributed by atoms with Crippen LogP contribution >= 0.6 is 23.2 Å². The Balaban J connectivity index is 1.99. The number of fused-ring (bicyclic) bond motifs is 4. The van der Waals surface area contributed by atoms with Crippen molar-refractivity contribution in [2.75, 3.05) is 19.8 Å². The van der Waals surface area contributed by atoms with Gasteiger partial charge in [0.05, 0.1) is 19.8 Å². The zero-order chi connectivity index (χ0) is 12.8. The van der Waals surface area contributed by atoms with Gasteiger partial charge < -0.3 is 14.2 Å². The predicted octanol–water partition coefficient (Wildman–Crippen LogP) is 3.43. The SMILES string of the molecule is C[C@@H]1COC2(c3cc(Cl)cc(Cl)c3)OCC1CO2. The third-order valence-electron chi connectivity index (χ3n) is 3.53. The fourth-order valence-electron chi connectivity index (χ4n) is 2.29. The third-order valence-corrected chi connectivity index (χ3v) is 3.97. The molecule has 3 nitrogen and oxygen atoms in total. The first-order valence-corrected chi connectivity index (χ1v) is 6.73. The molecular weight excluding hydrogens is 275 g/mol. The summed E-state index contributed by atoms with van der Waals surface area (Å²) in [6, 6.07) is 5.21. The molecule has 1 aromatic rings. The summed E-state index contributed by atoms with van der Waals surface area (Å²) >= 11 is 12.0. The molecule has 1 atom stereocenters. The molecule has 0 spiro atoms. The average molecular weight is 289 g/mol. The van der Waals surface area contributed by atoms with Gasteiger partial charge in [-0.15, -0.1) is 0 Å². The van der Waals surface area contributed by atoms with Gasteiger partial charge in [-0.2, -0.15) is 0 Å². The lowest BCUT2D eigenvalue weighted by Gasteiger charge is -2.36. The van der Waals surface area contributed by atoms with Gasteiger partial charge >= 0.3 is 5.97 Å². The number of halogens is 2. The Kier molecular flexibility index (Phi) is 3.28. The first-order chi connectivity index (χ1) is 8.59. The van der Waals surface area contributed by atoms with Crippen molar-refractivity contribution in [3.05, 3.63) is 33.8 Å². The van der Waals surface area contributed by atoms with Crippen LogP contribution in [0.1, 0.15) is 12.5 Å². The molecule has 0 unspecified atom stereocenters. The largest absolute Gasteiger partial charge is 0.323 e. The summed E-state index contributed by atoms with van der Waals surface area (Å²) in [5.74, 6) is -0.338. The molecule has 4 rings (SSSR count). The second-order valence-electron chi connectivity index (χ2n) is 4.88. The van der Waals surface area contributed by atoms with E-state index in [2.05, 4.69) is 6.92 Å². The zero-order valence-corrected chi connectivity index (χ0v) is 11.5. The Bertz CT molecular complexity index is 435. The lowest BCUT2D eigenvalue weighted by atomic mass is 9.96. The fourth-order valence-corrected chi connectivity index (χ4v) is 2.82. The molecule has 98 valence electrons. The van der Waals surface area contributed by atoms with Crippen molar-refractivity contribution in [2.45, 2.75) is 12.9 Å². The van der Waals surface area contributed by atoms with Gasteiger partial charge in [-0.3, -0.25) is 0 Å². The second kappa shape index (κ2) is 4.66. The first kappa shape index (κ1) is 12.7. The van der Waals surface area contributed by atoms with Crippen LogP contribution < -0.4 is 0 Å². The molecule has 0 saturated carbocycles. The van der Waals surface area contributed by atoms with E-state index in [-0.39, 0.29) is 0 Å². The van der Waals surface area contributed by atoms with E-state index >= 15 is 0 Å². The standard InChI is InChI=1S/C13H14Cl2O3/c1-8-5-16-13(17-6-9(8)7-18-13)10-2-11(14)4-12(15)3-10/h2-4,8-9H,5-7H2,1H3/t8-,9?,13?/m1/s1. The average Bonchev–Trinajstić information content (AvgIpc) is 2.59. The summed E-state index contributed by atoms with van der Waals surface area (Å²) in [6.07, 6.45) is 0. The minimum Gasteiger partial charge on any atom is -0.323 e. The van der Waals surface area contributed by atoms with Crippen LogP contribution in [0.15, 0.2) is 18.2 Å². The van der Waals surface area contributed by atoms with Gasteiger partial charge in [0.25, 0.3) is 0 Å². The topological polar surface area (TPSA) is 27.7 Å². The summed E-state index contributed by atoms with van der Waals surface area (Å²) in [5.41, 5.74) is 0.715. The summed E-state index contributed by atoms with van der Waals surface area (Å²) in [7, 11) is 0. The number of rotatable bonds is 1. The van der Waals surface area contributed by atoms with Crippen molar-refractivity contribution in [3.8, 4) is 0 Å². The maximum Gasteiger partial charge on any atom is 0.312 e. The van der Waals surface area contributed by atoms with E-state index in [1.165, 1.54) is 0 Å². The van der Waals surface area contributed by atoms with Gasteiger partial charge in [-0.05, 0) is 24.1 Å². The molecule has 3 aliphatic heterocycles. The van der Waals surface area contributed by atoms with Crippen LogP contribution in [0, 0.1) is 11.8 Å². The zero-order valence-electron chi connectivity index (χ0n) is 9.99. The molecular formula is C13H14Cl2O3. The highest BCUT2D eigenvalue weighted by Crippen LogP contribution is 2.40. The molecule has 0 radical (unpaired) electrons. The van der Waals surface area contributed by atoms with Crippen molar-refractivity contribution in [1.82, 2.24) is 0 Å². The molecule has 0 amide bonds. The quantitative estimate of drug-likeness (QED) is 0.792. The fraction of sp³-hybridized carbons (Fsp3) is 0.538. The minimum absolute atomic E-state index is 0.385. The highest BCUT2D eigenvalue weighted by Gasteiger charge is 2.46. The predicted molar refractivity (Wildman–Crippen MR) is 68.7 cm³/mol. The molecule has 3 aliphatic rings. The molecule has 0 N–H and O–H groups in total. The van der Waals surface area contributed by atoms with Crippen LogP contribution in [0.4, 0.5) is 0 Å². The van der Waals surface area contributed by atoms with Crippen molar-refractivity contribution in [2.24, 2.45) is 11.8 Å². The van der Waals surface area contributed by atoms with E-state index in [1.54, 1.807) is 18.2 Å². The van der Waals surface area contributed by atoms with Crippen molar-refractivity contribution in [1.29, 1.82) is 0 Å². The first-order valence-electron chi connectivity index (χ1n) is 5.97. The highest BCUT2D eigenvalue weighted by atomic mass is 35.5. The Morgan fingerprint density at radius 3 is 2.17 bits per heavy atom. The molecule has 0 aliphatic carbocycles. The van der Waals surface area contributed by atoms with Crippen LogP contribution in [0.25, 0.3) is 0 Å². The number of hydrogen-bond donors (Lipinski definition) is 0. The van der Waals surface area contributed by atoms with Gasteiger partial charge in [0.15, 0.2) is 0 Å². The lowest BCUT2D eigenvalue weighted by molar-refractivity contribution is -0.404. The Morgan fingerprint density at radius 2 is 1.56 bits per heavy atom. The smallest absolute Gasteiger partial charge is 0.312 e. The normalized spacial score (nSPS) is 35.5. The van der Waals surface area contributed by atoms with E-state index in [0.29, 0.717) is 47.3 Å². The highest BCUT2D eigenvalue weighted by molar-refractivity contribution is 6.34. The molecule has 5 heteroatoms. The van der Waals surface area contributed by atoms with Gasteiger partial charge in [0.1, 0.15) is 0 Å². The van der Waals surface area contributed by atoms with Gasteiger partial charge in [-0.1, -0.05) is 30.1 Å². The summed E-state index contributed by atoms with van der Waals surface area (Å²) in [6.45, 7) is 4.01. The minimum atomic E-state index is -1.14. The van der Waals surface area contributed by atoms with Crippen LogP contribution in [0.2, 0.25) is 10.0 Å². The Labute approximate surface area is 116 Å².